The predicted molar refractivity (Wildman–Crippen MR) is 91.2 cm³/mol. The summed E-state index contributed by atoms with van der Waals surface area (Å²) >= 11 is 1.55. The molecule has 1 N–H and O–H groups in total. The summed E-state index contributed by atoms with van der Waals surface area (Å²) in [5.74, 6) is 0. The van der Waals surface area contributed by atoms with Gasteiger partial charge in [0, 0.05) is 19.1 Å². The zero-order valence-electron chi connectivity index (χ0n) is 12.5. The van der Waals surface area contributed by atoms with E-state index in [1.54, 1.807) is 24.5 Å². The summed E-state index contributed by atoms with van der Waals surface area (Å²) in [6, 6.07) is 9.57. The number of ether oxygens (including phenoxy) is 1. The van der Waals surface area contributed by atoms with Crippen molar-refractivity contribution in [3.05, 3.63) is 63.2 Å². The van der Waals surface area contributed by atoms with Gasteiger partial charge in [0.25, 0.3) is 0 Å². The average Bonchev–Trinajstić information content (AvgIpc) is 3.02. The Morgan fingerprint density at radius 2 is 2.00 bits per heavy atom. The van der Waals surface area contributed by atoms with Crippen LogP contribution in [0.15, 0.2) is 46.5 Å². The topological polar surface area (TPSA) is 55.4 Å². The molecule has 22 heavy (non-hydrogen) atoms. The maximum absolute atomic E-state index is 12.0. The van der Waals surface area contributed by atoms with Crippen LogP contribution in [0.3, 0.4) is 0 Å². The molecule has 4 nitrogen and oxygen atoms in total. The standard InChI is InChI=1S/C16H19NO3S2/c1-13-3-5-14(6-4-13)8-10-22(18,19)17-11-16(20-2)15-7-9-21-12-15/h3-10,12,16-17H,11H2,1-2H3/b10-8+. The van der Waals surface area contributed by atoms with E-state index in [0.29, 0.717) is 0 Å². The summed E-state index contributed by atoms with van der Waals surface area (Å²) in [6.45, 7) is 2.19. The quantitative estimate of drug-likeness (QED) is 0.843. The smallest absolute Gasteiger partial charge is 0.233 e. The van der Waals surface area contributed by atoms with Gasteiger partial charge < -0.3 is 4.74 Å². The molecule has 1 aromatic carbocycles. The number of methoxy groups -OCH3 is 1. The Balaban J connectivity index is 1.97. The second kappa shape index (κ2) is 7.69. The van der Waals surface area contributed by atoms with Crippen LogP contribution in [0.2, 0.25) is 0 Å². The van der Waals surface area contributed by atoms with E-state index in [0.717, 1.165) is 16.7 Å². The number of sulfonamides is 1. The maximum Gasteiger partial charge on any atom is 0.233 e. The van der Waals surface area contributed by atoms with E-state index in [-0.39, 0.29) is 12.6 Å². The van der Waals surface area contributed by atoms with Crippen molar-refractivity contribution < 1.29 is 13.2 Å². The van der Waals surface area contributed by atoms with Gasteiger partial charge in [0.05, 0.1) is 6.10 Å². The molecule has 0 spiro atoms. The molecule has 1 atom stereocenters. The van der Waals surface area contributed by atoms with Crippen LogP contribution in [0.25, 0.3) is 6.08 Å². The lowest BCUT2D eigenvalue weighted by Gasteiger charge is -2.14. The summed E-state index contributed by atoms with van der Waals surface area (Å²) in [7, 11) is -1.93. The fourth-order valence-electron chi connectivity index (χ4n) is 1.88. The summed E-state index contributed by atoms with van der Waals surface area (Å²) < 4.78 is 31.9. The van der Waals surface area contributed by atoms with Crippen molar-refractivity contribution >= 4 is 27.4 Å². The molecule has 0 amide bonds. The number of rotatable bonds is 7. The molecule has 0 saturated heterocycles. The van der Waals surface area contributed by atoms with Gasteiger partial charge in [-0.2, -0.15) is 11.3 Å². The molecule has 1 heterocycles. The number of aryl methyl sites for hydroxylation is 1. The molecule has 2 rings (SSSR count). The average molecular weight is 337 g/mol. The Morgan fingerprint density at radius 3 is 2.59 bits per heavy atom. The molecule has 0 aliphatic carbocycles. The minimum absolute atomic E-state index is 0.202. The molecule has 0 bridgehead atoms. The van der Waals surface area contributed by atoms with Crippen LogP contribution in [-0.4, -0.2) is 22.1 Å². The van der Waals surface area contributed by atoms with Crippen LogP contribution in [0, 0.1) is 6.92 Å². The molecule has 0 aliphatic heterocycles. The second-order valence-electron chi connectivity index (χ2n) is 4.89. The largest absolute Gasteiger partial charge is 0.375 e. The maximum atomic E-state index is 12.0. The first-order valence-electron chi connectivity index (χ1n) is 6.79. The van der Waals surface area contributed by atoms with Crippen LogP contribution >= 0.6 is 11.3 Å². The molecule has 118 valence electrons. The van der Waals surface area contributed by atoms with Crippen LogP contribution in [0.1, 0.15) is 22.8 Å². The van der Waals surface area contributed by atoms with Crippen LogP contribution < -0.4 is 4.72 Å². The highest BCUT2D eigenvalue weighted by Gasteiger charge is 2.14. The molecule has 1 unspecified atom stereocenters. The minimum Gasteiger partial charge on any atom is -0.375 e. The van der Waals surface area contributed by atoms with E-state index >= 15 is 0 Å². The van der Waals surface area contributed by atoms with E-state index in [4.69, 9.17) is 4.74 Å². The zero-order valence-corrected chi connectivity index (χ0v) is 14.2. The first-order chi connectivity index (χ1) is 10.5. The third kappa shape index (κ3) is 5.06. The number of nitrogens with one attached hydrogen (secondary N) is 1. The van der Waals surface area contributed by atoms with Gasteiger partial charge in [-0.1, -0.05) is 29.8 Å². The van der Waals surface area contributed by atoms with Crippen molar-refractivity contribution in [3.8, 4) is 0 Å². The predicted octanol–water partition coefficient (Wildman–Crippen LogP) is 3.33. The van der Waals surface area contributed by atoms with Gasteiger partial charge in [0.1, 0.15) is 0 Å². The Labute approximate surface area is 135 Å². The first kappa shape index (κ1) is 16.9. The number of benzene rings is 1. The molecule has 2 aromatic rings. The lowest BCUT2D eigenvalue weighted by Crippen LogP contribution is -2.27. The zero-order chi connectivity index (χ0) is 16.0. The van der Waals surface area contributed by atoms with Crippen molar-refractivity contribution in [1.29, 1.82) is 0 Å². The van der Waals surface area contributed by atoms with Crippen molar-refractivity contribution in [2.75, 3.05) is 13.7 Å². The van der Waals surface area contributed by atoms with Crippen LogP contribution in [-0.2, 0) is 14.8 Å². The van der Waals surface area contributed by atoms with E-state index in [2.05, 4.69) is 4.72 Å². The third-order valence-electron chi connectivity index (χ3n) is 3.19. The summed E-state index contributed by atoms with van der Waals surface area (Å²) in [5, 5.41) is 5.07. The second-order valence-corrected chi connectivity index (χ2v) is 7.32. The van der Waals surface area contributed by atoms with Crippen LogP contribution in [0.4, 0.5) is 0 Å². The summed E-state index contributed by atoms with van der Waals surface area (Å²) in [4.78, 5) is 0. The summed E-state index contributed by atoms with van der Waals surface area (Å²) in [5.41, 5.74) is 2.95. The molecule has 0 fully saturated rings. The van der Waals surface area contributed by atoms with E-state index in [9.17, 15) is 8.42 Å². The highest BCUT2D eigenvalue weighted by Crippen LogP contribution is 2.18. The normalized spacial score (nSPS) is 13.5. The lowest BCUT2D eigenvalue weighted by atomic mass is 10.2. The Kier molecular flexibility index (Phi) is 5.90. The fourth-order valence-corrected chi connectivity index (χ4v) is 3.40. The van der Waals surface area contributed by atoms with Gasteiger partial charge >= 0.3 is 0 Å². The number of thiophene rings is 1. The van der Waals surface area contributed by atoms with Crippen LogP contribution in [0.5, 0.6) is 0 Å². The van der Waals surface area contributed by atoms with E-state index in [1.165, 1.54) is 5.41 Å². The van der Waals surface area contributed by atoms with Crippen molar-refractivity contribution in [3.63, 3.8) is 0 Å². The number of hydrogen-bond donors (Lipinski definition) is 1. The van der Waals surface area contributed by atoms with Crippen molar-refractivity contribution in [2.45, 2.75) is 13.0 Å². The van der Waals surface area contributed by atoms with Crippen molar-refractivity contribution in [2.24, 2.45) is 0 Å². The molecule has 6 heteroatoms. The van der Waals surface area contributed by atoms with Gasteiger partial charge in [-0.3, -0.25) is 0 Å². The summed E-state index contributed by atoms with van der Waals surface area (Å²) in [6.07, 6.45) is 1.29. The Hall–Kier alpha value is -1.47. The monoisotopic (exact) mass is 337 g/mol. The van der Waals surface area contributed by atoms with Gasteiger partial charge in [0.15, 0.2) is 0 Å². The SMILES string of the molecule is COC(CNS(=O)(=O)/C=C/c1ccc(C)cc1)c1ccsc1. The van der Waals surface area contributed by atoms with Gasteiger partial charge in [0.2, 0.25) is 10.0 Å². The number of hydrogen-bond acceptors (Lipinski definition) is 4. The van der Waals surface area contributed by atoms with E-state index < -0.39 is 10.0 Å². The molecular formula is C16H19NO3S2. The highest BCUT2D eigenvalue weighted by atomic mass is 32.2. The van der Waals surface area contributed by atoms with Gasteiger partial charge in [-0.15, -0.1) is 0 Å². The minimum atomic E-state index is -3.49. The van der Waals surface area contributed by atoms with Crippen molar-refractivity contribution in [1.82, 2.24) is 4.72 Å². The highest BCUT2D eigenvalue weighted by molar-refractivity contribution is 7.92. The molecular weight excluding hydrogens is 318 g/mol. The van der Waals surface area contributed by atoms with E-state index in [1.807, 2.05) is 48.0 Å². The molecule has 0 radical (unpaired) electrons. The Morgan fingerprint density at radius 1 is 1.27 bits per heavy atom. The third-order valence-corrected chi connectivity index (χ3v) is 4.95. The fraction of sp³-hybridized carbons (Fsp3) is 0.250. The first-order valence-corrected chi connectivity index (χ1v) is 9.28. The molecule has 1 aromatic heterocycles. The lowest BCUT2D eigenvalue weighted by molar-refractivity contribution is 0.108. The molecule has 0 saturated carbocycles. The Bertz CT molecular complexity index is 704. The molecule has 0 aliphatic rings. The van der Waals surface area contributed by atoms with Gasteiger partial charge in [-0.05, 0) is 41.0 Å². The van der Waals surface area contributed by atoms with Gasteiger partial charge in [-0.25, -0.2) is 13.1 Å².